The van der Waals surface area contributed by atoms with E-state index in [0.29, 0.717) is 28.3 Å². The molecule has 1 aromatic heterocycles. The summed E-state index contributed by atoms with van der Waals surface area (Å²) in [4.78, 5) is 7.36. The minimum atomic E-state index is -0.311. The highest BCUT2D eigenvalue weighted by atomic mass is 35.5. The summed E-state index contributed by atoms with van der Waals surface area (Å²) in [5.74, 6) is 0.400. The van der Waals surface area contributed by atoms with Gasteiger partial charge in [0.2, 0.25) is 0 Å². The van der Waals surface area contributed by atoms with Crippen LogP contribution in [0.3, 0.4) is 0 Å². The number of aromatic amines is 1. The van der Waals surface area contributed by atoms with Gasteiger partial charge in [0, 0.05) is 11.4 Å². The average molecular weight is 261 g/mol. The predicted molar refractivity (Wildman–Crippen MR) is 70.3 cm³/mol. The number of fused-ring (bicyclic) bond motifs is 1. The molecule has 3 rings (SSSR count). The van der Waals surface area contributed by atoms with Crippen LogP contribution in [0, 0.1) is 5.82 Å². The van der Waals surface area contributed by atoms with Crippen LogP contribution in [-0.2, 0) is 6.42 Å². The summed E-state index contributed by atoms with van der Waals surface area (Å²) in [6.45, 7) is 0. The molecule has 0 aliphatic carbocycles. The maximum absolute atomic E-state index is 13.5. The lowest BCUT2D eigenvalue weighted by molar-refractivity contribution is 0.637. The Balaban J connectivity index is 2.01. The Kier molecular flexibility index (Phi) is 2.76. The lowest BCUT2D eigenvalue weighted by atomic mass is 10.1. The summed E-state index contributed by atoms with van der Waals surface area (Å²) in [6, 6.07) is 12.4. The maximum atomic E-state index is 13.5. The van der Waals surface area contributed by atoms with E-state index in [4.69, 9.17) is 11.6 Å². The molecule has 3 aromatic rings. The van der Waals surface area contributed by atoms with E-state index < -0.39 is 0 Å². The van der Waals surface area contributed by atoms with E-state index in [-0.39, 0.29) is 5.82 Å². The smallest absolute Gasteiger partial charge is 0.151 e. The van der Waals surface area contributed by atoms with Crippen molar-refractivity contribution in [2.75, 3.05) is 0 Å². The van der Waals surface area contributed by atoms with Crippen LogP contribution < -0.4 is 0 Å². The summed E-state index contributed by atoms with van der Waals surface area (Å²) >= 11 is 6.09. The van der Waals surface area contributed by atoms with Gasteiger partial charge in [-0.05, 0) is 23.8 Å². The average Bonchev–Trinajstić information content (AvgIpc) is 2.76. The Morgan fingerprint density at radius 2 is 1.94 bits per heavy atom. The van der Waals surface area contributed by atoms with Gasteiger partial charge >= 0.3 is 0 Å². The first-order valence-electron chi connectivity index (χ1n) is 5.60. The van der Waals surface area contributed by atoms with Crippen molar-refractivity contribution in [1.82, 2.24) is 9.97 Å². The molecule has 0 saturated heterocycles. The molecule has 2 aromatic carbocycles. The Bertz CT molecular complexity index is 706. The monoisotopic (exact) mass is 260 g/mol. The van der Waals surface area contributed by atoms with E-state index >= 15 is 0 Å². The van der Waals surface area contributed by atoms with Gasteiger partial charge in [0.15, 0.2) is 5.82 Å². The number of hydrogen-bond donors (Lipinski definition) is 1. The van der Waals surface area contributed by atoms with Crippen LogP contribution >= 0.6 is 11.6 Å². The summed E-state index contributed by atoms with van der Waals surface area (Å²) < 4.78 is 13.5. The largest absolute Gasteiger partial charge is 0.342 e. The highest BCUT2D eigenvalue weighted by Gasteiger charge is 2.08. The highest BCUT2D eigenvalue weighted by Crippen LogP contribution is 2.20. The SMILES string of the molecule is Fc1cccc2[nH]c(Cc3ccccc3Cl)nc12. The number of nitrogens with zero attached hydrogens (tertiary/aromatic N) is 1. The first kappa shape index (κ1) is 11.2. The molecule has 0 aliphatic heterocycles. The van der Waals surface area contributed by atoms with Gasteiger partial charge in [0.05, 0.1) is 5.52 Å². The molecule has 0 bridgehead atoms. The fourth-order valence-corrected chi connectivity index (χ4v) is 2.16. The van der Waals surface area contributed by atoms with Crippen molar-refractivity contribution in [3.63, 3.8) is 0 Å². The van der Waals surface area contributed by atoms with Crippen LogP contribution in [0.5, 0.6) is 0 Å². The van der Waals surface area contributed by atoms with Crippen molar-refractivity contribution in [1.29, 1.82) is 0 Å². The molecule has 1 N–H and O–H groups in total. The van der Waals surface area contributed by atoms with Gasteiger partial charge in [0.25, 0.3) is 0 Å². The van der Waals surface area contributed by atoms with Crippen molar-refractivity contribution in [3.8, 4) is 0 Å². The minimum Gasteiger partial charge on any atom is -0.342 e. The fourth-order valence-electron chi connectivity index (χ4n) is 1.95. The molecular weight excluding hydrogens is 251 g/mol. The molecule has 0 saturated carbocycles. The number of nitrogens with one attached hydrogen (secondary N) is 1. The van der Waals surface area contributed by atoms with Gasteiger partial charge in [-0.25, -0.2) is 9.37 Å². The topological polar surface area (TPSA) is 28.7 Å². The highest BCUT2D eigenvalue weighted by molar-refractivity contribution is 6.31. The molecule has 2 nitrogen and oxygen atoms in total. The number of halogens is 2. The lowest BCUT2D eigenvalue weighted by Gasteiger charge is -2.00. The molecule has 0 aliphatic rings. The molecule has 0 amide bonds. The summed E-state index contributed by atoms with van der Waals surface area (Å²) in [6.07, 6.45) is 0.563. The standard InChI is InChI=1S/C14H10ClFN2/c15-10-5-2-1-4-9(10)8-13-17-12-7-3-6-11(16)14(12)18-13/h1-7H,8H2,(H,17,18). The third-order valence-electron chi connectivity index (χ3n) is 2.83. The van der Waals surface area contributed by atoms with Gasteiger partial charge in [-0.15, -0.1) is 0 Å². The van der Waals surface area contributed by atoms with Gasteiger partial charge in [-0.3, -0.25) is 0 Å². The molecule has 1 heterocycles. The molecule has 0 fully saturated rings. The number of imidazole rings is 1. The van der Waals surface area contributed by atoms with Crippen molar-refractivity contribution >= 4 is 22.6 Å². The number of aromatic nitrogens is 2. The van der Waals surface area contributed by atoms with E-state index in [0.717, 1.165) is 5.56 Å². The molecule has 0 unspecified atom stereocenters. The van der Waals surface area contributed by atoms with Gasteiger partial charge in [-0.1, -0.05) is 35.9 Å². The van der Waals surface area contributed by atoms with E-state index in [1.54, 1.807) is 6.07 Å². The fraction of sp³-hybridized carbons (Fsp3) is 0.0714. The second kappa shape index (κ2) is 4.42. The van der Waals surface area contributed by atoms with Crippen molar-refractivity contribution in [2.45, 2.75) is 6.42 Å². The van der Waals surface area contributed by atoms with E-state index in [1.165, 1.54) is 6.07 Å². The Labute approximate surface area is 108 Å². The minimum absolute atomic E-state index is 0.311. The van der Waals surface area contributed by atoms with E-state index in [2.05, 4.69) is 9.97 Å². The molecule has 0 atom stereocenters. The van der Waals surface area contributed by atoms with Crippen molar-refractivity contribution < 1.29 is 4.39 Å². The molecule has 0 spiro atoms. The van der Waals surface area contributed by atoms with Crippen LogP contribution in [0.25, 0.3) is 11.0 Å². The van der Waals surface area contributed by atoms with Gasteiger partial charge in [0.1, 0.15) is 11.3 Å². The first-order chi connectivity index (χ1) is 8.74. The summed E-state index contributed by atoms with van der Waals surface area (Å²) in [7, 11) is 0. The Morgan fingerprint density at radius 1 is 1.11 bits per heavy atom. The Morgan fingerprint density at radius 3 is 2.72 bits per heavy atom. The number of para-hydroxylation sites is 1. The third kappa shape index (κ3) is 1.97. The quantitative estimate of drug-likeness (QED) is 0.743. The second-order valence-corrected chi connectivity index (χ2v) is 4.49. The molecule has 4 heteroatoms. The van der Waals surface area contributed by atoms with Crippen molar-refractivity contribution in [2.24, 2.45) is 0 Å². The number of hydrogen-bond acceptors (Lipinski definition) is 1. The van der Waals surface area contributed by atoms with Crippen LogP contribution in [0.15, 0.2) is 42.5 Å². The normalized spacial score (nSPS) is 11.0. The van der Waals surface area contributed by atoms with Gasteiger partial charge in [-0.2, -0.15) is 0 Å². The van der Waals surface area contributed by atoms with Gasteiger partial charge < -0.3 is 4.98 Å². The van der Waals surface area contributed by atoms with Crippen molar-refractivity contribution in [3.05, 3.63) is 64.7 Å². The van der Waals surface area contributed by atoms with E-state index in [1.807, 2.05) is 30.3 Å². The van der Waals surface area contributed by atoms with Crippen LogP contribution in [0.4, 0.5) is 4.39 Å². The zero-order chi connectivity index (χ0) is 12.5. The zero-order valence-electron chi connectivity index (χ0n) is 9.45. The number of benzene rings is 2. The second-order valence-electron chi connectivity index (χ2n) is 4.09. The summed E-state index contributed by atoms with van der Waals surface area (Å²) in [5, 5.41) is 0.693. The lowest BCUT2D eigenvalue weighted by Crippen LogP contribution is -1.91. The number of rotatable bonds is 2. The predicted octanol–water partition coefficient (Wildman–Crippen LogP) is 3.95. The molecule has 90 valence electrons. The molecule has 0 radical (unpaired) electrons. The zero-order valence-corrected chi connectivity index (χ0v) is 10.2. The Hall–Kier alpha value is -1.87. The molecule has 18 heavy (non-hydrogen) atoms. The van der Waals surface area contributed by atoms with E-state index in [9.17, 15) is 4.39 Å². The first-order valence-corrected chi connectivity index (χ1v) is 5.98. The van der Waals surface area contributed by atoms with Crippen LogP contribution in [0.2, 0.25) is 5.02 Å². The van der Waals surface area contributed by atoms with Crippen LogP contribution in [0.1, 0.15) is 11.4 Å². The molecular formula is C14H10ClFN2. The van der Waals surface area contributed by atoms with Crippen LogP contribution in [-0.4, -0.2) is 9.97 Å². The maximum Gasteiger partial charge on any atom is 0.151 e. The summed E-state index contributed by atoms with van der Waals surface area (Å²) in [5.41, 5.74) is 2.05. The number of H-pyrrole nitrogens is 1. The third-order valence-corrected chi connectivity index (χ3v) is 3.20.